The Labute approximate surface area is 275 Å². The molecule has 0 fully saturated rings. The summed E-state index contributed by atoms with van der Waals surface area (Å²) in [5.74, 6) is -0.0654. The molecule has 0 aromatic rings. The van der Waals surface area contributed by atoms with Gasteiger partial charge in [0.15, 0.2) is 0 Å². The van der Waals surface area contributed by atoms with Crippen LogP contribution in [0.4, 0.5) is 0 Å². The lowest BCUT2D eigenvalue weighted by molar-refractivity contribution is -0.123. The summed E-state index contributed by atoms with van der Waals surface area (Å²) in [7, 11) is 0. The van der Waals surface area contributed by atoms with Crippen molar-refractivity contribution in [2.45, 2.75) is 219 Å². The summed E-state index contributed by atoms with van der Waals surface area (Å²) in [6.45, 7) is 4.26. The van der Waals surface area contributed by atoms with E-state index in [9.17, 15) is 15.0 Å². The van der Waals surface area contributed by atoms with E-state index in [-0.39, 0.29) is 12.5 Å². The molecule has 0 saturated heterocycles. The summed E-state index contributed by atoms with van der Waals surface area (Å²) in [4.78, 5) is 12.3. The van der Waals surface area contributed by atoms with Crippen LogP contribution in [0.5, 0.6) is 0 Å². The Morgan fingerprint density at radius 3 is 1.34 bits per heavy atom. The number of unbranched alkanes of at least 4 members (excludes halogenated alkanes) is 26. The van der Waals surface area contributed by atoms with Gasteiger partial charge in [0.1, 0.15) is 0 Å². The van der Waals surface area contributed by atoms with E-state index in [0.717, 1.165) is 25.7 Å². The van der Waals surface area contributed by atoms with Gasteiger partial charge in [-0.25, -0.2) is 0 Å². The van der Waals surface area contributed by atoms with Crippen LogP contribution in [0.1, 0.15) is 206 Å². The first-order valence-corrected chi connectivity index (χ1v) is 19.6. The molecule has 0 heterocycles. The highest BCUT2D eigenvalue weighted by Gasteiger charge is 2.17. The molecular formula is C40H77NO3. The molecule has 0 bridgehead atoms. The van der Waals surface area contributed by atoms with Gasteiger partial charge in [-0.3, -0.25) is 4.79 Å². The van der Waals surface area contributed by atoms with E-state index in [2.05, 4.69) is 31.3 Å². The van der Waals surface area contributed by atoms with Gasteiger partial charge in [0.05, 0.1) is 18.8 Å². The lowest BCUT2D eigenvalue weighted by Gasteiger charge is -2.20. The standard InChI is InChI=1S/C40H77NO3/c1-3-5-7-9-11-13-15-17-18-19-20-21-22-24-26-28-30-32-34-36-40(44)41-38(37-42)39(43)35-33-31-29-27-25-23-16-14-12-10-8-6-4-2/h8,10,33,35,38-39,42-43H,3-7,9,11-32,34,36-37H2,1-2H3,(H,41,44)/b10-8+,35-33+/t38-,39+/m0/s1. The highest BCUT2D eigenvalue weighted by molar-refractivity contribution is 5.76. The Kier molecular flexibility index (Phi) is 35.4. The number of rotatable bonds is 35. The summed E-state index contributed by atoms with van der Waals surface area (Å²) in [5.41, 5.74) is 0. The zero-order chi connectivity index (χ0) is 32.2. The van der Waals surface area contributed by atoms with Crippen LogP contribution < -0.4 is 5.32 Å². The fourth-order valence-corrected chi connectivity index (χ4v) is 5.89. The molecule has 4 heteroatoms. The van der Waals surface area contributed by atoms with E-state index in [4.69, 9.17) is 0 Å². The summed E-state index contributed by atoms with van der Waals surface area (Å²) in [6.07, 6.45) is 45.5. The van der Waals surface area contributed by atoms with Gasteiger partial charge in [-0.05, 0) is 38.5 Å². The van der Waals surface area contributed by atoms with Crippen molar-refractivity contribution in [2.75, 3.05) is 6.61 Å². The van der Waals surface area contributed by atoms with Crippen LogP contribution >= 0.6 is 0 Å². The number of aliphatic hydroxyl groups is 2. The topological polar surface area (TPSA) is 69.6 Å². The fourth-order valence-electron chi connectivity index (χ4n) is 5.89. The van der Waals surface area contributed by atoms with Crippen LogP contribution in [0.25, 0.3) is 0 Å². The highest BCUT2D eigenvalue weighted by atomic mass is 16.3. The van der Waals surface area contributed by atoms with E-state index in [1.807, 2.05) is 6.08 Å². The minimum absolute atomic E-state index is 0.0654. The molecular weight excluding hydrogens is 542 g/mol. The Morgan fingerprint density at radius 1 is 0.523 bits per heavy atom. The van der Waals surface area contributed by atoms with Gasteiger partial charge in [-0.1, -0.05) is 186 Å². The van der Waals surface area contributed by atoms with E-state index in [1.54, 1.807) is 6.08 Å². The van der Waals surface area contributed by atoms with Crippen molar-refractivity contribution in [1.29, 1.82) is 0 Å². The number of carbonyl (C=O) groups is 1. The Hall–Kier alpha value is -1.13. The van der Waals surface area contributed by atoms with Crippen molar-refractivity contribution in [3.63, 3.8) is 0 Å². The molecule has 0 aliphatic rings. The average molecular weight is 620 g/mol. The third-order valence-electron chi connectivity index (χ3n) is 8.91. The molecule has 260 valence electrons. The summed E-state index contributed by atoms with van der Waals surface area (Å²) in [6, 6.07) is -0.620. The third kappa shape index (κ3) is 32.3. The molecule has 0 unspecified atom stereocenters. The second-order valence-electron chi connectivity index (χ2n) is 13.3. The molecule has 3 N–H and O–H groups in total. The largest absolute Gasteiger partial charge is 0.394 e. The van der Waals surface area contributed by atoms with Gasteiger partial charge < -0.3 is 15.5 Å². The molecule has 0 rings (SSSR count). The summed E-state index contributed by atoms with van der Waals surface area (Å²) in [5, 5.41) is 22.9. The molecule has 4 nitrogen and oxygen atoms in total. The van der Waals surface area contributed by atoms with Gasteiger partial charge in [0.2, 0.25) is 5.91 Å². The number of aliphatic hydroxyl groups excluding tert-OH is 2. The molecule has 0 spiro atoms. The number of hydrogen-bond donors (Lipinski definition) is 3. The molecule has 0 saturated carbocycles. The second kappa shape index (κ2) is 36.3. The smallest absolute Gasteiger partial charge is 0.220 e. The molecule has 0 aromatic carbocycles. The lowest BCUT2D eigenvalue weighted by Crippen LogP contribution is -2.45. The Balaban J connectivity index is 3.56. The number of hydrogen-bond acceptors (Lipinski definition) is 3. The molecule has 2 atom stereocenters. The second-order valence-corrected chi connectivity index (χ2v) is 13.3. The van der Waals surface area contributed by atoms with E-state index in [1.165, 1.54) is 161 Å². The monoisotopic (exact) mass is 620 g/mol. The van der Waals surface area contributed by atoms with Gasteiger partial charge in [-0.15, -0.1) is 0 Å². The van der Waals surface area contributed by atoms with E-state index in [0.29, 0.717) is 6.42 Å². The number of nitrogens with one attached hydrogen (secondary N) is 1. The quantitative estimate of drug-likeness (QED) is 0.0488. The predicted molar refractivity (Wildman–Crippen MR) is 193 cm³/mol. The Bertz CT molecular complexity index is 632. The summed E-state index contributed by atoms with van der Waals surface area (Å²) < 4.78 is 0. The van der Waals surface area contributed by atoms with Crippen LogP contribution in [-0.2, 0) is 4.79 Å². The average Bonchev–Trinajstić information content (AvgIpc) is 3.03. The van der Waals surface area contributed by atoms with Crippen molar-refractivity contribution in [3.05, 3.63) is 24.3 Å². The Morgan fingerprint density at radius 2 is 0.909 bits per heavy atom. The van der Waals surface area contributed by atoms with Crippen molar-refractivity contribution in [1.82, 2.24) is 5.32 Å². The first-order chi connectivity index (χ1) is 21.7. The zero-order valence-corrected chi connectivity index (χ0v) is 29.7. The van der Waals surface area contributed by atoms with Gasteiger partial charge >= 0.3 is 0 Å². The molecule has 1 amide bonds. The van der Waals surface area contributed by atoms with Gasteiger partial charge in [0.25, 0.3) is 0 Å². The number of allylic oxidation sites excluding steroid dienone is 3. The van der Waals surface area contributed by atoms with Crippen LogP contribution in [0.3, 0.4) is 0 Å². The first kappa shape index (κ1) is 42.9. The van der Waals surface area contributed by atoms with Crippen LogP contribution in [0.15, 0.2) is 24.3 Å². The minimum atomic E-state index is -0.838. The van der Waals surface area contributed by atoms with Crippen molar-refractivity contribution >= 4 is 5.91 Å². The highest BCUT2D eigenvalue weighted by Crippen LogP contribution is 2.15. The summed E-state index contributed by atoms with van der Waals surface area (Å²) >= 11 is 0. The zero-order valence-electron chi connectivity index (χ0n) is 29.7. The maximum Gasteiger partial charge on any atom is 0.220 e. The lowest BCUT2D eigenvalue weighted by atomic mass is 10.0. The maximum absolute atomic E-state index is 12.3. The van der Waals surface area contributed by atoms with Crippen molar-refractivity contribution in [2.24, 2.45) is 0 Å². The fraction of sp³-hybridized carbons (Fsp3) is 0.875. The van der Waals surface area contributed by atoms with Gasteiger partial charge in [-0.2, -0.15) is 0 Å². The van der Waals surface area contributed by atoms with Crippen LogP contribution in [0, 0.1) is 0 Å². The predicted octanol–water partition coefficient (Wildman–Crippen LogP) is 11.7. The first-order valence-electron chi connectivity index (χ1n) is 19.6. The molecule has 0 aliphatic carbocycles. The molecule has 0 radical (unpaired) electrons. The molecule has 0 aliphatic heterocycles. The number of carbonyl (C=O) groups excluding carboxylic acids is 1. The molecule has 44 heavy (non-hydrogen) atoms. The maximum atomic E-state index is 12.3. The van der Waals surface area contributed by atoms with Crippen molar-refractivity contribution < 1.29 is 15.0 Å². The third-order valence-corrected chi connectivity index (χ3v) is 8.91. The normalized spacial score (nSPS) is 13.3. The van der Waals surface area contributed by atoms with Crippen LogP contribution in [0.2, 0.25) is 0 Å². The number of amides is 1. The minimum Gasteiger partial charge on any atom is -0.394 e. The van der Waals surface area contributed by atoms with E-state index >= 15 is 0 Å². The molecule has 0 aromatic heterocycles. The van der Waals surface area contributed by atoms with Crippen LogP contribution in [-0.4, -0.2) is 34.9 Å². The van der Waals surface area contributed by atoms with Gasteiger partial charge in [0, 0.05) is 6.42 Å². The van der Waals surface area contributed by atoms with E-state index < -0.39 is 12.1 Å². The SMILES string of the molecule is CCC/C=C/CCCCCCCC/C=C/[C@@H](O)[C@H](CO)NC(=O)CCCCCCCCCCCCCCCCCCCCC. The van der Waals surface area contributed by atoms with Crippen molar-refractivity contribution in [3.8, 4) is 0 Å².